The van der Waals surface area contributed by atoms with Crippen LogP contribution in [0, 0.1) is 0 Å². The Hall–Kier alpha value is -2.44. The fourth-order valence-electron chi connectivity index (χ4n) is 3.18. The average molecular weight is 356 g/mol. The first-order chi connectivity index (χ1) is 12.6. The number of nitrogens with one attached hydrogen (secondary N) is 1. The van der Waals surface area contributed by atoms with E-state index in [9.17, 15) is 9.59 Å². The highest BCUT2D eigenvalue weighted by atomic mass is 16.4. The summed E-state index contributed by atoms with van der Waals surface area (Å²) in [6.07, 6.45) is 2.46. The number of carboxylic acid groups (broad SMARTS) is 1. The van der Waals surface area contributed by atoms with E-state index in [4.69, 9.17) is 10.2 Å². The molecule has 0 aliphatic heterocycles. The number of hydrogen-bond donors (Lipinski definition) is 3. The molecule has 1 saturated carbocycles. The maximum absolute atomic E-state index is 12.0. The number of hydrogen-bond acceptors (Lipinski definition) is 4. The van der Waals surface area contributed by atoms with Gasteiger partial charge in [0.15, 0.2) is 0 Å². The Morgan fingerprint density at radius 2 is 1.88 bits per heavy atom. The van der Waals surface area contributed by atoms with Crippen LogP contribution in [0.3, 0.4) is 0 Å². The SMILES string of the molecule is O=C(CCN(Cc1cccc2ccccc12)C1CC1)NC(CO)C(=O)O. The third-order valence-corrected chi connectivity index (χ3v) is 4.76. The molecule has 1 unspecified atom stereocenters. The average Bonchev–Trinajstić information content (AvgIpc) is 3.48. The molecule has 1 atom stereocenters. The van der Waals surface area contributed by atoms with Gasteiger partial charge in [-0.25, -0.2) is 4.79 Å². The van der Waals surface area contributed by atoms with Crippen molar-refractivity contribution in [3.8, 4) is 0 Å². The van der Waals surface area contributed by atoms with E-state index in [-0.39, 0.29) is 12.3 Å². The lowest BCUT2D eigenvalue weighted by atomic mass is 10.0. The summed E-state index contributed by atoms with van der Waals surface area (Å²) in [5, 5.41) is 22.7. The molecule has 0 heterocycles. The van der Waals surface area contributed by atoms with Gasteiger partial charge in [0, 0.05) is 25.6 Å². The Morgan fingerprint density at radius 1 is 1.15 bits per heavy atom. The fourth-order valence-corrected chi connectivity index (χ4v) is 3.18. The molecular formula is C20H24N2O4. The van der Waals surface area contributed by atoms with Crippen LogP contribution in [-0.2, 0) is 16.1 Å². The molecule has 26 heavy (non-hydrogen) atoms. The zero-order chi connectivity index (χ0) is 18.5. The molecule has 1 fully saturated rings. The second kappa shape index (κ2) is 8.29. The third kappa shape index (κ3) is 4.59. The minimum atomic E-state index is -1.24. The number of carbonyl (C=O) groups is 2. The second-order valence-corrected chi connectivity index (χ2v) is 6.73. The molecule has 1 aliphatic carbocycles. The topological polar surface area (TPSA) is 89.9 Å². The van der Waals surface area contributed by atoms with Crippen LogP contribution in [0.4, 0.5) is 0 Å². The van der Waals surface area contributed by atoms with E-state index in [1.54, 1.807) is 0 Å². The van der Waals surface area contributed by atoms with E-state index >= 15 is 0 Å². The normalized spacial score (nSPS) is 15.2. The quantitative estimate of drug-likeness (QED) is 0.637. The molecule has 2 aromatic rings. The van der Waals surface area contributed by atoms with Gasteiger partial charge in [-0.1, -0.05) is 42.5 Å². The maximum Gasteiger partial charge on any atom is 0.328 e. The first kappa shape index (κ1) is 18.4. The molecule has 1 aliphatic rings. The van der Waals surface area contributed by atoms with Gasteiger partial charge in [-0.2, -0.15) is 0 Å². The first-order valence-electron chi connectivity index (χ1n) is 8.92. The summed E-state index contributed by atoms with van der Waals surface area (Å²) in [6, 6.07) is 13.8. The number of rotatable bonds is 9. The molecular weight excluding hydrogens is 332 g/mol. The molecule has 3 N–H and O–H groups in total. The first-order valence-corrected chi connectivity index (χ1v) is 8.92. The van der Waals surface area contributed by atoms with Crippen LogP contribution in [0.25, 0.3) is 10.8 Å². The van der Waals surface area contributed by atoms with Crippen molar-refractivity contribution in [2.24, 2.45) is 0 Å². The molecule has 6 heteroatoms. The van der Waals surface area contributed by atoms with E-state index in [1.165, 1.54) is 16.3 Å². The molecule has 0 saturated heterocycles. The monoisotopic (exact) mass is 356 g/mol. The van der Waals surface area contributed by atoms with Crippen LogP contribution >= 0.6 is 0 Å². The van der Waals surface area contributed by atoms with Crippen LogP contribution in [0.5, 0.6) is 0 Å². The van der Waals surface area contributed by atoms with Crippen molar-refractivity contribution in [2.75, 3.05) is 13.2 Å². The summed E-state index contributed by atoms with van der Waals surface area (Å²) in [5.74, 6) is -1.58. The second-order valence-electron chi connectivity index (χ2n) is 6.73. The van der Waals surface area contributed by atoms with E-state index in [0.29, 0.717) is 12.6 Å². The van der Waals surface area contributed by atoms with Crippen molar-refractivity contribution < 1.29 is 19.8 Å². The molecule has 138 valence electrons. The van der Waals surface area contributed by atoms with Gasteiger partial charge >= 0.3 is 5.97 Å². The van der Waals surface area contributed by atoms with Crippen LogP contribution < -0.4 is 5.32 Å². The van der Waals surface area contributed by atoms with E-state index in [0.717, 1.165) is 19.4 Å². The lowest BCUT2D eigenvalue weighted by Crippen LogP contribution is -2.44. The Morgan fingerprint density at radius 3 is 2.58 bits per heavy atom. The minimum Gasteiger partial charge on any atom is -0.480 e. The summed E-state index contributed by atoms with van der Waals surface area (Å²) in [5.41, 5.74) is 1.23. The van der Waals surface area contributed by atoms with Crippen molar-refractivity contribution in [3.05, 3.63) is 48.0 Å². The molecule has 0 aromatic heterocycles. The largest absolute Gasteiger partial charge is 0.480 e. The van der Waals surface area contributed by atoms with E-state index in [1.807, 2.05) is 18.2 Å². The summed E-state index contributed by atoms with van der Waals surface area (Å²) >= 11 is 0. The van der Waals surface area contributed by atoms with Crippen LogP contribution in [0.2, 0.25) is 0 Å². The Kier molecular flexibility index (Phi) is 5.85. The van der Waals surface area contributed by atoms with Gasteiger partial charge in [-0.05, 0) is 29.2 Å². The molecule has 2 aromatic carbocycles. The zero-order valence-corrected chi connectivity index (χ0v) is 14.6. The number of nitrogens with zero attached hydrogens (tertiary/aromatic N) is 1. The summed E-state index contributed by atoms with van der Waals surface area (Å²) in [6.45, 7) is 0.725. The number of carboxylic acids is 1. The summed E-state index contributed by atoms with van der Waals surface area (Å²) in [7, 11) is 0. The van der Waals surface area contributed by atoms with Crippen LogP contribution in [0.15, 0.2) is 42.5 Å². The fraction of sp³-hybridized carbons (Fsp3) is 0.400. The number of aliphatic hydroxyl groups is 1. The zero-order valence-electron chi connectivity index (χ0n) is 14.6. The van der Waals surface area contributed by atoms with Gasteiger partial charge in [0.2, 0.25) is 5.91 Å². The minimum absolute atomic E-state index is 0.213. The Bertz CT molecular complexity index is 783. The van der Waals surface area contributed by atoms with Gasteiger partial charge in [-0.3, -0.25) is 9.69 Å². The van der Waals surface area contributed by atoms with E-state index < -0.39 is 18.6 Å². The third-order valence-electron chi connectivity index (χ3n) is 4.76. The van der Waals surface area contributed by atoms with Crippen LogP contribution in [0.1, 0.15) is 24.8 Å². The maximum atomic E-state index is 12.0. The van der Waals surface area contributed by atoms with Crippen molar-refractivity contribution in [3.63, 3.8) is 0 Å². The number of fused-ring (bicyclic) bond motifs is 1. The smallest absolute Gasteiger partial charge is 0.328 e. The molecule has 6 nitrogen and oxygen atoms in total. The van der Waals surface area contributed by atoms with Gasteiger partial charge < -0.3 is 15.5 Å². The summed E-state index contributed by atoms with van der Waals surface area (Å²) < 4.78 is 0. The van der Waals surface area contributed by atoms with Crippen LogP contribution in [-0.4, -0.2) is 52.2 Å². The Labute approximate surface area is 152 Å². The molecule has 0 bridgehead atoms. The lowest BCUT2D eigenvalue weighted by molar-refractivity contribution is -0.143. The van der Waals surface area contributed by atoms with Crippen molar-refractivity contribution >= 4 is 22.6 Å². The number of amides is 1. The van der Waals surface area contributed by atoms with Gasteiger partial charge in [0.05, 0.1) is 6.61 Å². The number of benzene rings is 2. The number of carbonyl (C=O) groups excluding carboxylic acids is 1. The molecule has 0 radical (unpaired) electrons. The predicted octanol–water partition coefficient (Wildman–Crippen LogP) is 1.76. The highest BCUT2D eigenvalue weighted by Gasteiger charge is 2.29. The molecule has 1 amide bonds. The van der Waals surface area contributed by atoms with E-state index in [2.05, 4.69) is 34.5 Å². The lowest BCUT2D eigenvalue weighted by Gasteiger charge is -2.23. The van der Waals surface area contributed by atoms with Crippen molar-refractivity contribution in [2.45, 2.75) is 37.9 Å². The van der Waals surface area contributed by atoms with Gasteiger partial charge in [0.25, 0.3) is 0 Å². The summed E-state index contributed by atoms with van der Waals surface area (Å²) in [4.78, 5) is 25.2. The highest BCUT2D eigenvalue weighted by molar-refractivity contribution is 5.85. The van der Waals surface area contributed by atoms with Crippen molar-refractivity contribution in [1.29, 1.82) is 0 Å². The van der Waals surface area contributed by atoms with Gasteiger partial charge in [0.1, 0.15) is 6.04 Å². The Balaban J connectivity index is 1.63. The molecule has 0 spiro atoms. The highest BCUT2D eigenvalue weighted by Crippen LogP contribution is 2.30. The van der Waals surface area contributed by atoms with Gasteiger partial charge in [-0.15, -0.1) is 0 Å². The number of aliphatic hydroxyl groups excluding tert-OH is 1. The number of aliphatic carboxylic acids is 1. The van der Waals surface area contributed by atoms with Crippen molar-refractivity contribution in [1.82, 2.24) is 10.2 Å². The predicted molar refractivity (Wildman–Crippen MR) is 98.6 cm³/mol. The standard InChI is InChI=1S/C20H24N2O4/c23-13-18(20(25)26)21-19(24)10-11-22(16-8-9-16)12-15-6-3-5-14-4-1-2-7-17(14)15/h1-7,16,18,23H,8-13H2,(H,21,24)(H,25,26). The molecule has 3 rings (SSSR count).